The number of amides is 2. The van der Waals surface area contributed by atoms with E-state index in [9.17, 15) is 4.79 Å². The molecule has 2 atom stereocenters. The van der Waals surface area contributed by atoms with Crippen LogP contribution in [0.4, 0.5) is 4.79 Å². The molecule has 2 unspecified atom stereocenters. The number of benzene rings is 1. The molecule has 0 aromatic heterocycles. The number of likely N-dealkylation sites (tertiary alicyclic amines) is 2. The van der Waals surface area contributed by atoms with Crippen molar-refractivity contribution in [3.63, 3.8) is 0 Å². The highest BCUT2D eigenvalue weighted by molar-refractivity contribution is 5.77. The molecular weight excluding hydrogens is 364 g/mol. The molecule has 6 nitrogen and oxygen atoms in total. The van der Waals surface area contributed by atoms with Gasteiger partial charge in [0.1, 0.15) is 0 Å². The molecule has 3 saturated heterocycles. The number of ether oxygens (including phenoxy) is 1. The van der Waals surface area contributed by atoms with E-state index in [1.54, 1.807) is 6.08 Å². The summed E-state index contributed by atoms with van der Waals surface area (Å²) in [4.78, 5) is 17.1. The smallest absolute Gasteiger partial charge is 0.321 e. The SMILES string of the molecule is C=C(NC(=O)N1CC2CN(C3COC3)CC2C1)/C(N)=C\C=C(/C)c1ccccc1. The molecule has 1 aromatic rings. The van der Waals surface area contributed by atoms with Gasteiger partial charge in [-0.1, -0.05) is 43.0 Å². The first-order valence-corrected chi connectivity index (χ1v) is 10.3. The molecule has 0 spiro atoms. The molecule has 29 heavy (non-hydrogen) atoms. The number of hydrogen-bond donors (Lipinski definition) is 2. The Morgan fingerprint density at radius 2 is 1.79 bits per heavy atom. The second-order valence-electron chi connectivity index (χ2n) is 8.32. The highest BCUT2D eigenvalue weighted by Gasteiger charge is 2.44. The van der Waals surface area contributed by atoms with Gasteiger partial charge in [-0.15, -0.1) is 0 Å². The lowest BCUT2D eigenvalue weighted by molar-refractivity contribution is -0.0597. The van der Waals surface area contributed by atoms with Gasteiger partial charge in [0.25, 0.3) is 0 Å². The van der Waals surface area contributed by atoms with E-state index in [-0.39, 0.29) is 6.03 Å². The van der Waals surface area contributed by atoms with E-state index < -0.39 is 0 Å². The molecular formula is C23H30N4O2. The molecule has 154 valence electrons. The average Bonchev–Trinajstić information content (AvgIpc) is 3.24. The lowest BCUT2D eigenvalue weighted by atomic mass is 10.0. The van der Waals surface area contributed by atoms with Gasteiger partial charge in [-0.2, -0.15) is 0 Å². The molecule has 0 aliphatic carbocycles. The number of carbonyl (C=O) groups is 1. The van der Waals surface area contributed by atoms with E-state index in [1.807, 2.05) is 36.1 Å². The highest BCUT2D eigenvalue weighted by atomic mass is 16.5. The van der Waals surface area contributed by atoms with Crippen molar-refractivity contribution in [2.75, 3.05) is 39.4 Å². The maximum atomic E-state index is 12.7. The normalized spacial score (nSPS) is 25.6. The Kier molecular flexibility index (Phi) is 5.74. The minimum Gasteiger partial charge on any atom is -0.397 e. The molecule has 0 bridgehead atoms. The number of nitrogens with two attached hydrogens (primary N) is 1. The molecule has 3 aliphatic heterocycles. The van der Waals surface area contributed by atoms with E-state index in [2.05, 4.69) is 28.9 Å². The second kappa shape index (κ2) is 8.43. The van der Waals surface area contributed by atoms with Crippen molar-refractivity contribution < 1.29 is 9.53 Å². The van der Waals surface area contributed by atoms with Gasteiger partial charge < -0.3 is 20.7 Å². The lowest BCUT2D eigenvalue weighted by Crippen LogP contribution is -2.49. The number of nitrogens with one attached hydrogen (secondary N) is 1. The summed E-state index contributed by atoms with van der Waals surface area (Å²) >= 11 is 0. The summed E-state index contributed by atoms with van der Waals surface area (Å²) in [6.45, 7) is 11.4. The van der Waals surface area contributed by atoms with Gasteiger partial charge in [0, 0.05) is 26.2 Å². The predicted molar refractivity (Wildman–Crippen MR) is 115 cm³/mol. The Balaban J connectivity index is 1.28. The highest BCUT2D eigenvalue weighted by Crippen LogP contribution is 2.33. The summed E-state index contributed by atoms with van der Waals surface area (Å²) in [6, 6.07) is 10.6. The van der Waals surface area contributed by atoms with Crippen LogP contribution in [0.1, 0.15) is 12.5 Å². The molecule has 6 heteroatoms. The summed E-state index contributed by atoms with van der Waals surface area (Å²) in [5.74, 6) is 1.11. The van der Waals surface area contributed by atoms with Crippen molar-refractivity contribution in [1.29, 1.82) is 0 Å². The Hall–Kier alpha value is -2.57. The number of nitrogens with zero attached hydrogens (tertiary/aromatic N) is 2. The zero-order chi connectivity index (χ0) is 20.4. The van der Waals surface area contributed by atoms with Gasteiger partial charge in [-0.3, -0.25) is 4.90 Å². The quantitative estimate of drug-likeness (QED) is 0.753. The van der Waals surface area contributed by atoms with Crippen molar-refractivity contribution in [3.05, 3.63) is 66.0 Å². The standard InChI is InChI=1S/C23H30N4O2/c1-16(18-6-4-3-5-7-18)8-9-22(24)17(2)25-23(28)27-12-19-10-26(11-20(19)13-27)21-14-29-15-21/h3-9,19-21H,2,10-15,24H2,1H3,(H,25,28)/b16-8+,22-9+. The Bertz CT molecular complexity index is 815. The second-order valence-corrected chi connectivity index (χ2v) is 8.32. The zero-order valence-electron chi connectivity index (χ0n) is 17.0. The number of carbonyl (C=O) groups excluding carboxylic acids is 1. The number of rotatable bonds is 5. The summed E-state index contributed by atoms with van der Waals surface area (Å²) in [5, 5.41) is 2.87. The van der Waals surface area contributed by atoms with Crippen LogP contribution in [-0.2, 0) is 4.74 Å². The number of fused-ring (bicyclic) bond motifs is 1. The van der Waals surface area contributed by atoms with E-state index >= 15 is 0 Å². The van der Waals surface area contributed by atoms with Gasteiger partial charge in [-0.05, 0) is 36.0 Å². The maximum absolute atomic E-state index is 12.7. The van der Waals surface area contributed by atoms with Crippen LogP contribution in [0.5, 0.6) is 0 Å². The monoisotopic (exact) mass is 394 g/mol. The summed E-state index contributed by atoms with van der Waals surface area (Å²) in [5.41, 5.74) is 9.26. The zero-order valence-corrected chi connectivity index (χ0v) is 17.0. The molecule has 0 radical (unpaired) electrons. The number of urea groups is 1. The molecule has 3 aliphatic rings. The minimum absolute atomic E-state index is 0.108. The van der Waals surface area contributed by atoms with Crippen molar-refractivity contribution in [1.82, 2.24) is 15.1 Å². The summed E-state index contributed by atoms with van der Waals surface area (Å²) in [6.07, 6.45) is 3.74. The van der Waals surface area contributed by atoms with Crippen LogP contribution < -0.4 is 11.1 Å². The first-order valence-electron chi connectivity index (χ1n) is 10.3. The first kappa shape index (κ1) is 19.7. The van der Waals surface area contributed by atoms with Gasteiger partial charge in [-0.25, -0.2) is 4.79 Å². The fraction of sp³-hybridized carbons (Fsp3) is 0.435. The van der Waals surface area contributed by atoms with E-state index in [1.165, 1.54) is 0 Å². The topological polar surface area (TPSA) is 70.8 Å². The van der Waals surface area contributed by atoms with Crippen LogP contribution in [0.15, 0.2) is 60.5 Å². The van der Waals surface area contributed by atoms with Crippen molar-refractivity contribution >= 4 is 11.6 Å². The first-order chi connectivity index (χ1) is 14.0. The third-order valence-corrected chi connectivity index (χ3v) is 6.29. The van der Waals surface area contributed by atoms with Gasteiger partial charge in [0.15, 0.2) is 0 Å². The van der Waals surface area contributed by atoms with Crippen LogP contribution in [0.2, 0.25) is 0 Å². The molecule has 4 rings (SSSR count). The fourth-order valence-electron chi connectivity index (χ4n) is 4.32. The van der Waals surface area contributed by atoms with Gasteiger partial charge >= 0.3 is 6.03 Å². The van der Waals surface area contributed by atoms with Gasteiger partial charge in [0.2, 0.25) is 0 Å². The largest absolute Gasteiger partial charge is 0.397 e. The van der Waals surface area contributed by atoms with Crippen molar-refractivity contribution in [2.45, 2.75) is 13.0 Å². The molecule has 3 heterocycles. The fourth-order valence-corrected chi connectivity index (χ4v) is 4.32. The third kappa shape index (κ3) is 4.38. The van der Waals surface area contributed by atoms with E-state index in [0.717, 1.165) is 50.5 Å². The van der Waals surface area contributed by atoms with E-state index in [0.29, 0.717) is 29.3 Å². The van der Waals surface area contributed by atoms with Crippen LogP contribution in [0.3, 0.4) is 0 Å². The predicted octanol–water partition coefficient (Wildman–Crippen LogP) is 2.42. The molecule has 3 N–H and O–H groups in total. The number of hydrogen-bond acceptors (Lipinski definition) is 4. The van der Waals surface area contributed by atoms with E-state index in [4.69, 9.17) is 10.5 Å². The Labute approximate surface area is 172 Å². The van der Waals surface area contributed by atoms with Crippen LogP contribution in [0, 0.1) is 11.8 Å². The molecule has 3 fully saturated rings. The summed E-state index contributed by atoms with van der Waals surface area (Å²) < 4.78 is 5.31. The molecule has 2 amide bonds. The average molecular weight is 395 g/mol. The Morgan fingerprint density at radius 1 is 1.14 bits per heavy atom. The minimum atomic E-state index is -0.108. The van der Waals surface area contributed by atoms with Crippen molar-refractivity contribution in [2.24, 2.45) is 17.6 Å². The number of allylic oxidation sites excluding steroid dienone is 3. The maximum Gasteiger partial charge on any atom is 0.321 e. The lowest BCUT2D eigenvalue weighted by Gasteiger charge is -2.35. The van der Waals surface area contributed by atoms with Crippen LogP contribution in [-0.4, -0.2) is 61.3 Å². The Morgan fingerprint density at radius 3 is 2.38 bits per heavy atom. The molecule has 1 aromatic carbocycles. The van der Waals surface area contributed by atoms with Crippen LogP contribution >= 0.6 is 0 Å². The summed E-state index contributed by atoms with van der Waals surface area (Å²) in [7, 11) is 0. The van der Waals surface area contributed by atoms with Crippen LogP contribution in [0.25, 0.3) is 5.57 Å². The van der Waals surface area contributed by atoms with Gasteiger partial charge in [0.05, 0.1) is 30.6 Å². The van der Waals surface area contributed by atoms with Crippen molar-refractivity contribution in [3.8, 4) is 0 Å². The molecule has 0 saturated carbocycles. The third-order valence-electron chi connectivity index (χ3n) is 6.29.